The Morgan fingerprint density at radius 2 is 1.79 bits per heavy atom. The average Bonchev–Trinajstić information content (AvgIpc) is 2.80. The predicted octanol–water partition coefficient (Wildman–Crippen LogP) is 1.84. The number of benzene rings is 1. The molecule has 3 amide bonds. The van der Waals surface area contributed by atoms with E-state index in [1.165, 1.54) is 11.0 Å². The summed E-state index contributed by atoms with van der Waals surface area (Å²) >= 11 is 0. The Bertz CT molecular complexity index is 619. The first kappa shape index (κ1) is 20.1. The third-order valence-corrected chi connectivity index (χ3v) is 3.86. The van der Waals surface area contributed by atoms with E-state index in [4.69, 9.17) is 0 Å². The van der Waals surface area contributed by atoms with Crippen LogP contribution in [0.2, 0.25) is 0 Å². The second-order valence-electron chi connectivity index (χ2n) is 5.59. The number of carbonyl (C=O) groups excluding carboxylic acids is 3. The number of nitrogens with one attached hydrogen (secondary N) is 2. The first-order valence-corrected chi connectivity index (χ1v) is 8.03. The van der Waals surface area contributed by atoms with Gasteiger partial charge in [-0.05, 0) is 44.6 Å². The van der Waals surface area contributed by atoms with Crippen LogP contribution in [-0.4, -0.2) is 49.3 Å². The zero-order valence-electron chi connectivity index (χ0n) is 14.1. The summed E-state index contributed by atoms with van der Waals surface area (Å²) in [6.45, 7) is 3.82. The number of fused-ring (bicyclic) bond motifs is 1. The number of nitrogens with zero attached hydrogens (tertiary/aromatic N) is 1. The molecule has 132 valence electrons. The molecule has 2 rings (SSSR count). The molecule has 1 aromatic carbocycles. The summed E-state index contributed by atoms with van der Waals surface area (Å²) in [5.41, 5.74) is 1.12. The van der Waals surface area contributed by atoms with Gasteiger partial charge in [0.15, 0.2) is 0 Å². The fraction of sp³-hybridized carbons (Fsp3) is 0.471. The van der Waals surface area contributed by atoms with Crippen molar-refractivity contribution in [1.29, 1.82) is 0 Å². The molecule has 0 atom stereocenters. The van der Waals surface area contributed by atoms with Crippen molar-refractivity contribution in [2.75, 3.05) is 26.7 Å². The van der Waals surface area contributed by atoms with Gasteiger partial charge >= 0.3 is 0 Å². The van der Waals surface area contributed by atoms with E-state index < -0.39 is 0 Å². The third-order valence-electron chi connectivity index (χ3n) is 3.86. The van der Waals surface area contributed by atoms with Crippen LogP contribution in [0.1, 0.15) is 57.3 Å². The molecule has 0 spiro atoms. The van der Waals surface area contributed by atoms with Crippen LogP contribution >= 0.6 is 12.4 Å². The van der Waals surface area contributed by atoms with Crippen LogP contribution in [0.5, 0.6) is 0 Å². The molecule has 24 heavy (non-hydrogen) atoms. The summed E-state index contributed by atoms with van der Waals surface area (Å²) in [6.07, 6.45) is 2.52. The molecule has 0 saturated carbocycles. The Labute approximate surface area is 148 Å². The largest absolute Gasteiger partial charge is 0.352 e. The van der Waals surface area contributed by atoms with Gasteiger partial charge in [0.2, 0.25) is 0 Å². The fourth-order valence-corrected chi connectivity index (χ4v) is 2.52. The van der Waals surface area contributed by atoms with Gasteiger partial charge in [-0.1, -0.05) is 13.3 Å². The van der Waals surface area contributed by atoms with Crippen molar-refractivity contribution in [2.45, 2.75) is 26.2 Å². The average molecular weight is 354 g/mol. The van der Waals surface area contributed by atoms with Gasteiger partial charge < -0.3 is 10.6 Å². The van der Waals surface area contributed by atoms with Crippen molar-refractivity contribution < 1.29 is 14.4 Å². The fourth-order valence-electron chi connectivity index (χ4n) is 2.52. The summed E-state index contributed by atoms with van der Waals surface area (Å²) in [4.78, 5) is 38.0. The molecule has 7 heteroatoms. The maximum absolute atomic E-state index is 12.4. The number of imide groups is 1. The summed E-state index contributed by atoms with van der Waals surface area (Å²) < 4.78 is 0. The number of rotatable bonds is 8. The van der Waals surface area contributed by atoms with E-state index >= 15 is 0 Å². The van der Waals surface area contributed by atoms with E-state index in [0.29, 0.717) is 29.8 Å². The highest BCUT2D eigenvalue weighted by Gasteiger charge is 2.35. The number of amides is 3. The molecule has 0 aliphatic carbocycles. The van der Waals surface area contributed by atoms with E-state index in [2.05, 4.69) is 10.6 Å². The van der Waals surface area contributed by atoms with Crippen molar-refractivity contribution in [3.05, 3.63) is 34.9 Å². The predicted molar refractivity (Wildman–Crippen MR) is 94.8 cm³/mol. The van der Waals surface area contributed by atoms with Crippen molar-refractivity contribution in [3.8, 4) is 0 Å². The third kappa shape index (κ3) is 4.33. The zero-order chi connectivity index (χ0) is 16.8. The van der Waals surface area contributed by atoms with Crippen LogP contribution in [0.3, 0.4) is 0 Å². The Morgan fingerprint density at radius 1 is 1.08 bits per heavy atom. The Kier molecular flexibility index (Phi) is 7.88. The molecule has 0 radical (unpaired) electrons. The van der Waals surface area contributed by atoms with Gasteiger partial charge in [0.05, 0.1) is 11.1 Å². The van der Waals surface area contributed by atoms with E-state index in [1.54, 1.807) is 12.1 Å². The second kappa shape index (κ2) is 9.39. The number of hydrogen-bond donors (Lipinski definition) is 2. The standard InChI is InChI=1S/C17H23N3O3.ClH/c1-3-4-10-20-16(22)13-7-6-12(11-14(13)17(20)23)15(21)19-9-5-8-18-2;/h6-7,11,18H,3-5,8-10H2,1-2H3,(H,19,21);1H. The number of halogens is 1. The number of hydrogen-bond acceptors (Lipinski definition) is 4. The molecule has 1 heterocycles. The maximum atomic E-state index is 12.4. The SMILES string of the molecule is CCCCN1C(=O)c2ccc(C(=O)NCCCNC)cc2C1=O.Cl. The van der Waals surface area contributed by atoms with E-state index in [-0.39, 0.29) is 30.1 Å². The summed E-state index contributed by atoms with van der Waals surface area (Å²) in [5, 5.41) is 5.82. The van der Waals surface area contributed by atoms with Crippen LogP contribution < -0.4 is 10.6 Å². The molecule has 1 aliphatic heterocycles. The molecule has 0 unspecified atom stereocenters. The first-order valence-electron chi connectivity index (χ1n) is 8.03. The lowest BCUT2D eigenvalue weighted by atomic mass is 10.1. The minimum atomic E-state index is -0.303. The smallest absolute Gasteiger partial charge is 0.261 e. The Hall–Kier alpha value is -1.92. The first-order chi connectivity index (χ1) is 11.1. The molecule has 0 fully saturated rings. The van der Waals surface area contributed by atoms with Crippen molar-refractivity contribution in [1.82, 2.24) is 15.5 Å². The summed E-state index contributed by atoms with van der Waals surface area (Å²) in [5.74, 6) is -0.793. The second-order valence-corrected chi connectivity index (χ2v) is 5.59. The van der Waals surface area contributed by atoms with Crippen LogP contribution in [0.4, 0.5) is 0 Å². The lowest BCUT2D eigenvalue weighted by Crippen LogP contribution is -2.30. The number of carbonyl (C=O) groups is 3. The quantitative estimate of drug-likeness (QED) is 0.552. The lowest BCUT2D eigenvalue weighted by molar-refractivity contribution is 0.0652. The molecule has 0 saturated heterocycles. The highest BCUT2D eigenvalue weighted by atomic mass is 35.5. The van der Waals surface area contributed by atoms with Gasteiger partial charge in [-0.15, -0.1) is 12.4 Å². The molecule has 0 aromatic heterocycles. The van der Waals surface area contributed by atoms with E-state index in [1.807, 2.05) is 14.0 Å². The Balaban J connectivity index is 0.00000288. The van der Waals surface area contributed by atoms with Gasteiger partial charge in [0.1, 0.15) is 0 Å². The van der Waals surface area contributed by atoms with E-state index in [9.17, 15) is 14.4 Å². The van der Waals surface area contributed by atoms with Gasteiger partial charge in [0, 0.05) is 18.7 Å². The zero-order valence-corrected chi connectivity index (χ0v) is 14.9. The van der Waals surface area contributed by atoms with Gasteiger partial charge in [-0.2, -0.15) is 0 Å². The van der Waals surface area contributed by atoms with E-state index in [0.717, 1.165) is 25.8 Å². The molecule has 1 aliphatic rings. The van der Waals surface area contributed by atoms with Crippen molar-refractivity contribution >= 4 is 30.1 Å². The van der Waals surface area contributed by atoms with Gasteiger partial charge in [0.25, 0.3) is 17.7 Å². The maximum Gasteiger partial charge on any atom is 0.261 e. The topological polar surface area (TPSA) is 78.5 Å². The summed E-state index contributed by atoms with van der Waals surface area (Å²) in [6, 6.07) is 4.69. The van der Waals surface area contributed by atoms with Crippen LogP contribution in [-0.2, 0) is 0 Å². The highest BCUT2D eigenvalue weighted by molar-refractivity contribution is 6.22. The van der Waals surface area contributed by atoms with Crippen molar-refractivity contribution in [2.24, 2.45) is 0 Å². The van der Waals surface area contributed by atoms with Gasteiger partial charge in [-0.25, -0.2) is 0 Å². The highest BCUT2D eigenvalue weighted by Crippen LogP contribution is 2.24. The molecule has 6 nitrogen and oxygen atoms in total. The minimum Gasteiger partial charge on any atom is -0.352 e. The number of unbranched alkanes of at least 4 members (excludes halogenated alkanes) is 1. The van der Waals surface area contributed by atoms with Gasteiger partial charge in [-0.3, -0.25) is 19.3 Å². The monoisotopic (exact) mass is 353 g/mol. The summed E-state index contributed by atoms with van der Waals surface area (Å²) in [7, 11) is 1.86. The Morgan fingerprint density at radius 3 is 2.46 bits per heavy atom. The molecule has 1 aromatic rings. The molecular weight excluding hydrogens is 330 g/mol. The van der Waals surface area contributed by atoms with Crippen LogP contribution in [0.15, 0.2) is 18.2 Å². The van der Waals surface area contributed by atoms with Crippen LogP contribution in [0, 0.1) is 0 Å². The minimum absolute atomic E-state index is 0. The molecular formula is C17H24ClN3O3. The lowest BCUT2D eigenvalue weighted by Gasteiger charge is -2.12. The van der Waals surface area contributed by atoms with Crippen molar-refractivity contribution in [3.63, 3.8) is 0 Å². The van der Waals surface area contributed by atoms with Crippen LogP contribution in [0.25, 0.3) is 0 Å². The molecule has 2 N–H and O–H groups in total. The molecule has 0 bridgehead atoms. The normalized spacial score (nSPS) is 12.8.